The zero-order valence-corrected chi connectivity index (χ0v) is 36.5. The number of aliphatic hydroxyl groups excluding tert-OH is 1. The van der Waals surface area contributed by atoms with Gasteiger partial charge in [0.05, 0.1) is 17.9 Å². The molecule has 3 N–H and O–H groups in total. The zero-order chi connectivity index (χ0) is 41.1. The van der Waals surface area contributed by atoms with Gasteiger partial charge in [-0.1, -0.05) is 188 Å². The molecule has 0 saturated carbocycles. The molecule has 0 bridgehead atoms. The standard InChI is InChI=1S/C49H83NO5S/c1-3-5-7-9-11-13-15-17-19-21-23-24-25-26-27-29-31-33-35-37-39-41-43-45-49(52)50-47(46-56(53,54)55)48(51)44-42-40-38-36-34-32-30-28-22-20-18-16-14-12-10-8-6-4-2/h5,7,11,13,17,19,22-24,26-28,34,36,42,44,47-48,51H,3-4,6,8-10,12,14-16,18,20-21,25,29-33,35,37-41,43,45-46H2,1-2H3,(H,50,52)(H,53,54,55)/b7-5-,13-11-,19-17-,24-23-,27-26-,28-22+,36-34+,44-42+. The van der Waals surface area contributed by atoms with Crippen LogP contribution in [-0.4, -0.2) is 41.9 Å². The number of aliphatic hydroxyl groups is 1. The van der Waals surface area contributed by atoms with Crippen LogP contribution < -0.4 is 5.32 Å². The Hall–Kier alpha value is -2.74. The average Bonchev–Trinajstić information content (AvgIpc) is 3.16. The first-order chi connectivity index (χ1) is 27.3. The van der Waals surface area contributed by atoms with Crippen LogP contribution in [0, 0.1) is 0 Å². The molecule has 0 saturated heterocycles. The summed E-state index contributed by atoms with van der Waals surface area (Å²) < 4.78 is 32.6. The first-order valence-corrected chi connectivity index (χ1v) is 24.0. The highest BCUT2D eigenvalue weighted by Crippen LogP contribution is 2.12. The van der Waals surface area contributed by atoms with Gasteiger partial charge in [0.25, 0.3) is 10.1 Å². The number of unbranched alkanes of at least 4 members (excludes halogenated alkanes) is 17. The largest absolute Gasteiger partial charge is 0.387 e. The van der Waals surface area contributed by atoms with Crippen molar-refractivity contribution in [2.45, 2.75) is 199 Å². The van der Waals surface area contributed by atoms with Gasteiger partial charge in [0.1, 0.15) is 0 Å². The van der Waals surface area contributed by atoms with Crippen LogP contribution in [0.3, 0.4) is 0 Å². The molecule has 0 aromatic rings. The second-order valence-electron chi connectivity index (χ2n) is 14.9. The lowest BCUT2D eigenvalue weighted by Gasteiger charge is -2.21. The van der Waals surface area contributed by atoms with Crippen molar-refractivity contribution >= 4 is 16.0 Å². The van der Waals surface area contributed by atoms with Crippen LogP contribution in [-0.2, 0) is 14.9 Å². The van der Waals surface area contributed by atoms with Crippen molar-refractivity contribution in [1.82, 2.24) is 5.32 Å². The molecule has 0 aliphatic heterocycles. The molecule has 0 aliphatic carbocycles. The zero-order valence-electron chi connectivity index (χ0n) is 35.7. The van der Waals surface area contributed by atoms with Crippen LogP contribution in [0.1, 0.15) is 187 Å². The molecule has 2 unspecified atom stereocenters. The average molecular weight is 798 g/mol. The molecule has 0 rings (SSSR count). The van der Waals surface area contributed by atoms with E-state index in [0.29, 0.717) is 12.8 Å². The molecule has 0 heterocycles. The van der Waals surface area contributed by atoms with Crippen molar-refractivity contribution < 1.29 is 22.9 Å². The first-order valence-electron chi connectivity index (χ1n) is 22.4. The van der Waals surface area contributed by atoms with Gasteiger partial charge < -0.3 is 10.4 Å². The Bertz CT molecular complexity index is 1240. The molecule has 0 aromatic carbocycles. The molecule has 320 valence electrons. The van der Waals surface area contributed by atoms with Crippen molar-refractivity contribution in [3.63, 3.8) is 0 Å². The minimum absolute atomic E-state index is 0.266. The summed E-state index contributed by atoms with van der Waals surface area (Å²) in [6, 6.07) is -1.09. The minimum Gasteiger partial charge on any atom is -0.387 e. The number of allylic oxidation sites excluding steroid dienone is 15. The third-order valence-electron chi connectivity index (χ3n) is 9.47. The van der Waals surface area contributed by atoms with Crippen LogP contribution in [0.5, 0.6) is 0 Å². The summed E-state index contributed by atoms with van der Waals surface area (Å²) in [6.45, 7) is 4.41. The van der Waals surface area contributed by atoms with E-state index in [1.165, 1.54) is 83.1 Å². The van der Waals surface area contributed by atoms with Crippen molar-refractivity contribution in [2.24, 2.45) is 0 Å². The van der Waals surface area contributed by atoms with Crippen LogP contribution in [0.4, 0.5) is 0 Å². The van der Waals surface area contributed by atoms with Gasteiger partial charge in [-0.15, -0.1) is 0 Å². The van der Waals surface area contributed by atoms with Gasteiger partial charge in [0.15, 0.2) is 0 Å². The van der Waals surface area contributed by atoms with Crippen molar-refractivity contribution in [3.8, 4) is 0 Å². The Morgan fingerprint density at radius 2 is 0.875 bits per heavy atom. The third-order valence-corrected chi connectivity index (χ3v) is 10.3. The number of hydrogen-bond donors (Lipinski definition) is 3. The van der Waals surface area contributed by atoms with Crippen LogP contribution >= 0.6 is 0 Å². The van der Waals surface area contributed by atoms with E-state index in [9.17, 15) is 22.9 Å². The highest BCUT2D eigenvalue weighted by atomic mass is 32.2. The Balaban J connectivity index is 4.00. The molecule has 0 fully saturated rings. The predicted molar refractivity (Wildman–Crippen MR) is 243 cm³/mol. The maximum Gasteiger partial charge on any atom is 0.267 e. The summed E-state index contributed by atoms with van der Waals surface area (Å²) in [4.78, 5) is 12.5. The van der Waals surface area contributed by atoms with Gasteiger partial charge in [0, 0.05) is 6.42 Å². The van der Waals surface area contributed by atoms with Gasteiger partial charge in [-0.3, -0.25) is 9.35 Å². The Morgan fingerprint density at radius 3 is 1.34 bits per heavy atom. The van der Waals surface area contributed by atoms with Crippen LogP contribution in [0.15, 0.2) is 97.2 Å². The molecule has 0 radical (unpaired) electrons. The maximum atomic E-state index is 12.5. The van der Waals surface area contributed by atoms with Crippen LogP contribution in [0.2, 0.25) is 0 Å². The molecule has 7 heteroatoms. The third kappa shape index (κ3) is 42.4. The van der Waals surface area contributed by atoms with E-state index < -0.39 is 28.0 Å². The number of hydrogen-bond acceptors (Lipinski definition) is 4. The van der Waals surface area contributed by atoms with Gasteiger partial charge in [0.2, 0.25) is 5.91 Å². The number of amides is 1. The summed E-state index contributed by atoms with van der Waals surface area (Å²) >= 11 is 0. The molecule has 1 amide bonds. The van der Waals surface area contributed by atoms with E-state index in [-0.39, 0.29) is 12.3 Å². The Morgan fingerprint density at radius 1 is 0.500 bits per heavy atom. The van der Waals surface area contributed by atoms with E-state index in [1.54, 1.807) is 6.08 Å². The number of nitrogens with one attached hydrogen (secondary N) is 1. The Labute approximate surface area is 345 Å². The topological polar surface area (TPSA) is 104 Å². The second kappa shape index (κ2) is 41.9. The smallest absolute Gasteiger partial charge is 0.267 e. The van der Waals surface area contributed by atoms with Gasteiger partial charge in [-0.2, -0.15) is 8.42 Å². The quantitative estimate of drug-likeness (QED) is 0.0326. The molecule has 0 spiro atoms. The van der Waals surface area contributed by atoms with Gasteiger partial charge >= 0.3 is 0 Å². The molecule has 6 nitrogen and oxygen atoms in total. The fourth-order valence-corrected chi connectivity index (χ4v) is 6.89. The lowest BCUT2D eigenvalue weighted by atomic mass is 10.1. The van der Waals surface area contributed by atoms with E-state index in [1.807, 2.05) is 0 Å². The summed E-state index contributed by atoms with van der Waals surface area (Å²) in [5, 5.41) is 13.2. The fourth-order valence-electron chi connectivity index (χ4n) is 6.15. The van der Waals surface area contributed by atoms with E-state index in [2.05, 4.69) is 104 Å². The highest BCUT2D eigenvalue weighted by Gasteiger charge is 2.24. The molecule has 2 atom stereocenters. The Kier molecular flexibility index (Phi) is 39.8. The van der Waals surface area contributed by atoms with Crippen LogP contribution in [0.25, 0.3) is 0 Å². The van der Waals surface area contributed by atoms with Crippen molar-refractivity contribution in [3.05, 3.63) is 97.2 Å². The summed E-state index contributed by atoms with van der Waals surface area (Å²) in [7, 11) is -4.37. The summed E-state index contributed by atoms with van der Waals surface area (Å²) in [6.07, 6.45) is 62.5. The molecule has 56 heavy (non-hydrogen) atoms. The predicted octanol–water partition coefficient (Wildman–Crippen LogP) is 13.7. The normalized spacial score (nSPS) is 14.1. The summed E-state index contributed by atoms with van der Waals surface area (Å²) in [5.41, 5.74) is 0. The monoisotopic (exact) mass is 798 g/mol. The number of carbonyl (C=O) groups is 1. The van der Waals surface area contributed by atoms with E-state index in [4.69, 9.17) is 0 Å². The number of carbonyl (C=O) groups excluding carboxylic acids is 1. The fraction of sp³-hybridized carbons (Fsp3) is 0.653. The first kappa shape index (κ1) is 53.3. The van der Waals surface area contributed by atoms with Crippen molar-refractivity contribution in [2.75, 3.05) is 5.75 Å². The number of rotatable bonds is 39. The van der Waals surface area contributed by atoms with Gasteiger partial charge in [-0.05, 0) is 89.9 Å². The van der Waals surface area contributed by atoms with E-state index >= 15 is 0 Å². The van der Waals surface area contributed by atoms with Gasteiger partial charge in [-0.25, -0.2) is 0 Å². The second-order valence-corrected chi connectivity index (χ2v) is 16.4. The SMILES string of the molecule is CC/C=C\C/C=C\C/C=C\C/C=C\C/C=C\CCCCCCCCCC(=O)NC(CS(=O)(=O)O)C(O)/C=C/CC/C=C/CC/C=C/CCCCCCCCCC. The molecular formula is C49H83NO5S. The highest BCUT2D eigenvalue weighted by molar-refractivity contribution is 7.85. The molecule has 0 aliphatic rings. The van der Waals surface area contributed by atoms with Crippen molar-refractivity contribution in [1.29, 1.82) is 0 Å². The lowest BCUT2D eigenvalue weighted by molar-refractivity contribution is -0.122. The maximum absolute atomic E-state index is 12.5. The lowest BCUT2D eigenvalue weighted by Crippen LogP contribution is -2.46. The van der Waals surface area contributed by atoms with E-state index in [0.717, 1.165) is 77.0 Å². The molecule has 0 aromatic heterocycles. The molecular weight excluding hydrogens is 715 g/mol. The summed E-state index contributed by atoms with van der Waals surface area (Å²) in [5.74, 6) is -1.03. The minimum atomic E-state index is -4.37.